The number of ether oxygens (including phenoxy) is 1. The van der Waals surface area contributed by atoms with Gasteiger partial charge in [-0.05, 0) is 20.8 Å². The van der Waals surface area contributed by atoms with E-state index >= 15 is 0 Å². The topological polar surface area (TPSA) is 105 Å². The van der Waals surface area contributed by atoms with Crippen molar-refractivity contribution in [3.63, 3.8) is 0 Å². The van der Waals surface area contributed by atoms with E-state index in [0.29, 0.717) is 5.56 Å². The number of hydrogen-bond donors (Lipinski definition) is 1. The second-order valence-electron chi connectivity index (χ2n) is 6.01. The average Bonchev–Trinajstić information content (AvgIpc) is 2.33. The largest absolute Gasteiger partial charge is 0.444 e. The molecule has 1 aliphatic rings. The van der Waals surface area contributed by atoms with E-state index in [-0.39, 0.29) is 24.6 Å². The number of nitrogens with zero attached hydrogens (tertiary/aromatic N) is 3. The summed E-state index contributed by atoms with van der Waals surface area (Å²) in [6.07, 6.45) is 2.63. The van der Waals surface area contributed by atoms with Crippen LogP contribution in [0.25, 0.3) is 0 Å². The molecule has 0 spiro atoms. The molecule has 0 aromatic carbocycles. The van der Waals surface area contributed by atoms with E-state index in [1.54, 1.807) is 20.8 Å². The molecule has 1 aromatic rings. The maximum absolute atomic E-state index is 11.6. The minimum atomic E-state index is -0.818. The molecule has 0 bridgehead atoms. The molecule has 7 heteroatoms. The Labute approximate surface area is 122 Å². The zero-order chi connectivity index (χ0) is 15.7. The molecule has 0 atom stereocenters. The highest BCUT2D eigenvalue weighted by Gasteiger charge is 2.46. The van der Waals surface area contributed by atoms with Crippen molar-refractivity contribution >= 4 is 17.8 Å². The van der Waals surface area contributed by atoms with Gasteiger partial charge in [0, 0.05) is 30.8 Å². The van der Waals surface area contributed by atoms with Crippen LogP contribution in [0.3, 0.4) is 0 Å². The lowest BCUT2D eigenvalue weighted by Crippen LogP contribution is -2.40. The summed E-state index contributed by atoms with van der Waals surface area (Å²) in [5.74, 6) is 0.138. The molecule has 1 fully saturated rings. The summed E-state index contributed by atoms with van der Waals surface area (Å²) >= 11 is 0. The number of rotatable bonds is 2. The molecule has 1 N–H and O–H groups in total. The molecular formula is C14H16N4O3. The predicted octanol–water partition coefficient (Wildman–Crippen LogP) is 1.95. The summed E-state index contributed by atoms with van der Waals surface area (Å²) in [6, 6.07) is 2.14. The summed E-state index contributed by atoms with van der Waals surface area (Å²) in [4.78, 5) is 30.7. The van der Waals surface area contributed by atoms with E-state index in [4.69, 9.17) is 4.74 Å². The van der Waals surface area contributed by atoms with E-state index in [2.05, 4.69) is 21.4 Å². The standard InChI is InChI=1S/C14H16N4O3/c1-13(2,3)21-12(20)18-11-16-6-9(7-17-11)14(8-15)4-10(19)5-14/h6-7H,4-5H2,1-3H3,(H,16,17,18,20). The molecule has 0 unspecified atom stereocenters. The molecule has 1 aliphatic carbocycles. The van der Waals surface area contributed by atoms with Crippen LogP contribution in [0, 0.1) is 11.3 Å². The van der Waals surface area contributed by atoms with Gasteiger partial charge in [-0.2, -0.15) is 5.26 Å². The number of carbonyl (C=O) groups is 2. The number of nitrogens with one attached hydrogen (secondary N) is 1. The second-order valence-corrected chi connectivity index (χ2v) is 6.01. The summed E-state index contributed by atoms with van der Waals surface area (Å²) in [7, 11) is 0. The molecule has 1 heterocycles. The monoisotopic (exact) mass is 288 g/mol. The third-order valence-corrected chi connectivity index (χ3v) is 3.03. The SMILES string of the molecule is CC(C)(C)OC(=O)Nc1ncc(C2(C#N)CC(=O)C2)cn1. The van der Waals surface area contributed by atoms with Crippen molar-refractivity contribution in [2.75, 3.05) is 5.32 Å². The van der Waals surface area contributed by atoms with Crippen molar-refractivity contribution in [1.82, 2.24) is 9.97 Å². The Morgan fingerprint density at radius 3 is 2.38 bits per heavy atom. The number of hydrogen-bond acceptors (Lipinski definition) is 6. The predicted molar refractivity (Wildman–Crippen MR) is 73.4 cm³/mol. The molecule has 1 saturated carbocycles. The number of aromatic nitrogens is 2. The maximum Gasteiger partial charge on any atom is 0.414 e. The fourth-order valence-corrected chi connectivity index (χ4v) is 2.00. The first kappa shape index (κ1) is 14.9. The Morgan fingerprint density at radius 1 is 1.38 bits per heavy atom. The van der Waals surface area contributed by atoms with Gasteiger partial charge in [-0.15, -0.1) is 0 Å². The molecule has 110 valence electrons. The molecule has 2 rings (SSSR count). The molecule has 1 aromatic heterocycles. The van der Waals surface area contributed by atoms with Gasteiger partial charge in [0.25, 0.3) is 0 Å². The normalized spacial score (nSPS) is 16.6. The van der Waals surface area contributed by atoms with Gasteiger partial charge in [0.2, 0.25) is 5.95 Å². The van der Waals surface area contributed by atoms with Crippen molar-refractivity contribution in [2.45, 2.75) is 44.6 Å². The molecule has 0 aliphatic heterocycles. The van der Waals surface area contributed by atoms with Gasteiger partial charge < -0.3 is 4.74 Å². The zero-order valence-electron chi connectivity index (χ0n) is 12.1. The van der Waals surface area contributed by atoms with Crippen LogP contribution in [0.4, 0.5) is 10.7 Å². The number of carbonyl (C=O) groups excluding carboxylic acids is 2. The van der Waals surface area contributed by atoms with Crippen LogP contribution >= 0.6 is 0 Å². The lowest BCUT2D eigenvalue weighted by atomic mass is 9.65. The first-order chi connectivity index (χ1) is 9.74. The van der Waals surface area contributed by atoms with Crippen molar-refractivity contribution in [2.24, 2.45) is 0 Å². The highest BCUT2D eigenvalue weighted by molar-refractivity contribution is 5.90. The highest BCUT2D eigenvalue weighted by atomic mass is 16.6. The van der Waals surface area contributed by atoms with Gasteiger partial charge >= 0.3 is 6.09 Å². The Hall–Kier alpha value is -2.49. The first-order valence-electron chi connectivity index (χ1n) is 6.50. The fraction of sp³-hybridized carbons (Fsp3) is 0.500. The Bertz CT molecular complexity index is 603. The summed E-state index contributed by atoms with van der Waals surface area (Å²) in [6.45, 7) is 5.25. The Balaban J connectivity index is 2.05. The number of ketones is 1. The Morgan fingerprint density at radius 2 is 1.95 bits per heavy atom. The molecule has 0 saturated heterocycles. The van der Waals surface area contributed by atoms with Crippen molar-refractivity contribution in [3.05, 3.63) is 18.0 Å². The van der Waals surface area contributed by atoms with Gasteiger partial charge in [0.15, 0.2) is 0 Å². The van der Waals surface area contributed by atoms with Crippen LogP contribution in [-0.4, -0.2) is 27.4 Å². The lowest BCUT2D eigenvalue weighted by Gasteiger charge is -2.33. The van der Waals surface area contributed by atoms with Gasteiger partial charge in [0.1, 0.15) is 11.4 Å². The summed E-state index contributed by atoms with van der Waals surface area (Å²) in [5, 5.41) is 11.6. The second kappa shape index (κ2) is 5.13. The van der Waals surface area contributed by atoms with E-state index < -0.39 is 17.1 Å². The Kier molecular flexibility index (Phi) is 3.64. The quantitative estimate of drug-likeness (QED) is 0.891. The van der Waals surface area contributed by atoms with Gasteiger partial charge in [-0.25, -0.2) is 14.8 Å². The smallest absolute Gasteiger partial charge is 0.414 e. The zero-order valence-corrected chi connectivity index (χ0v) is 12.1. The van der Waals surface area contributed by atoms with Crippen molar-refractivity contribution in [1.29, 1.82) is 5.26 Å². The molecule has 0 radical (unpaired) electrons. The first-order valence-corrected chi connectivity index (χ1v) is 6.50. The van der Waals surface area contributed by atoms with Gasteiger partial charge in [-0.3, -0.25) is 10.1 Å². The number of nitriles is 1. The minimum absolute atomic E-state index is 0.0486. The highest BCUT2D eigenvalue weighted by Crippen LogP contribution is 2.40. The van der Waals surface area contributed by atoms with Crippen molar-refractivity contribution < 1.29 is 14.3 Å². The van der Waals surface area contributed by atoms with Crippen LogP contribution in [0.5, 0.6) is 0 Å². The van der Waals surface area contributed by atoms with E-state index in [1.165, 1.54) is 12.4 Å². The van der Waals surface area contributed by atoms with E-state index in [1.807, 2.05) is 0 Å². The van der Waals surface area contributed by atoms with Crippen LogP contribution in [0.2, 0.25) is 0 Å². The maximum atomic E-state index is 11.6. The average molecular weight is 288 g/mol. The molecule has 1 amide bonds. The van der Waals surface area contributed by atoms with Crippen LogP contribution in [0.1, 0.15) is 39.2 Å². The fourth-order valence-electron chi connectivity index (χ4n) is 2.00. The third-order valence-electron chi connectivity index (χ3n) is 3.03. The van der Waals surface area contributed by atoms with Crippen LogP contribution in [-0.2, 0) is 14.9 Å². The number of Topliss-reactive ketones (excluding diaryl/α,β-unsaturated/α-hetero) is 1. The molecule has 21 heavy (non-hydrogen) atoms. The molecular weight excluding hydrogens is 272 g/mol. The summed E-state index contributed by atoms with van der Waals surface area (Å²) in [5.41, 5.74) is -0.845. The number of amides is 1. The van der Waals surface area contributed by atoms with E-state index in [0.717, 1.165) is 0 Å². The lowest BCUT2D eigenvalue weighted by molar-refractivity contribution is -0.126. The van der Waals surface area contributed by atoms with Crippen LogP contribution in [0.15, 0.2) is 12.4 Å². The molecule has 7 nitrogen and oxygen atoms in total. The van der Waals surface area contributed by atoms with Gasteiger partial charge in [-0.1, -0.05) is 0 Å². The van der Waals surface area contributed by atoms with Crippen LogP contribution < -0.4 is 5.32 Å². The van der Waals surface area contributed by atoms with Crippen molar-refractivity contribution in [3.8, 4) is 6.07 Å². The van der Waals surface area contributed by atoms with Gasteiger partial charge in [0.05, 0.1) is 11.5 Å². The third kappa shape index (κ3) is 3.34. The number of anilines is 1. The summed E-state index contributed by atoms with van der Waals surface area (Å²) < 4.78 is 5.08. The van der Waals surface area contributed by atoms with E-state index in [9.17, 15) is 14.9 Å². The minimum Gasteiger partial charge on any atom is -0.444 e.